The van der Waals surface area contributed by atoms with Gasteiger partial charge in [0.2, 0.25) is 5.91 Å². The van der Waals surface area contributed by atoms with E-state index in [0.29, 0.717) is 0 Å². The lowest BCUT2D eigenvalue weighted by Gasteiger charge is -2.22. The highest BCUT2D eigenvalue weighted by Gasteiger charge is 2.22. The fourth-order valence-electron chi connectivity index (χ4n) is 1.29. The second-order valence-corrected chi connectivity index (χ2v) is 5.04. The van der Waals surface area contributed by atoms with Crippen LogP contribution < -0.4 is 5.32 Å². The van der Waals surface area contributed by atoms with Crippen LogP contribution in [-0.4, -0.2) is 11.0 Å². The number of aromatic hydroxyl groups is 1. The van der Waals surface area contributed by atoms with Crippen molar-refractivity contribution in [2.45, 2.75) is 33.7 Å². The highest BCUT2D eigenvalue weighted by Crippen LogP contribution is 2.20. The standard InChI is InChI=1S/C13H19NO2/c1-9(14-12(16)13(2,3)4)10-6-5-7-11(15)8-10/h5-9,15H,1-4H3,(H,14,16)/t9-/m0/s1. The number of phenols is 1. The van der Waals surface area contributed by atoms with Gasteiger partial charge in [0.1, 0.15) is 5.75 Å². The summed E-state index contributed by atoms with van der Waals surface area (Å²) in [5, 5.41) is 12.3. The molecule has 0 spiro atoms. The van der Waals surface area contributed by atoms with Crippen molar-refractivity contribution in [1.82, 2.24) is 5.32 Å². The van der Waals surface area contributed by atoms with Crippen molar-refractivity contribution in [2.75, 3.05) is 0 Å². The molecule has 1 rings (SSSR count). The summed E-state index contributed by atoms with van der Waals surface area (Å²) >= 11 is 0. The second-order valence-electron chi connectivity index (χ2n) is 5.04. The van der Waals surface area contributed by atoms with Crippen molar-refractivity contribution in [2.24, 2.45) is 5.41 Å². The zero-order valence-electron chi connectivity index (χ0n) is 10.2. The third-order valence-electron chi connectivity index (χ3n) is 2.40. The van der Waals surface area contributed by atoms with E-state index in [0.717, 1.165) is 5.56 Å². The molecule has 0 aromatic heterocycles. The number of hydrogen-bond acceptors (Lipinski definition) is 2. The van der Waals surface area contributed by atoms with Gasteiger partial charge in [-0.15, -0.1) is 0 Å². The first-order valence-electron chi connectivity index (χ1n) is 5.40. The Hall–Kier alpha value is -1.51. The molecule has 1 aromatic rings. The molecule has 16 heavy (non-hydrogen) atoms. The number of amides is 1. The van der Waals surface area contributed by atoms with Crippen molar-refractivity contribution in [3.63, 3.8) is 0 Å². The lowest BCUT2D eigenvalue weighted by molar-refractivity contribution is -0.129. The van der Waals surface area contributed by atoms with Gasteiger partial charge in [0, 0.05) is 5.41 Å². The Kier molecular flexibility index (Phi) is 3.58. The fourth-order valence-corrected chi connectivity index (χ4v) is 1.29. The zero-order valence-corrected chi connectivity index (χ0v) is 10.2. The maximum atomic E-state index is 11.8. The Morgan fingerprint density at radius 1 is 1.38 bits per heavy atom. The summed E-state index contributed by atoms with van der Waals surface area (Å²) in [6.45, 7) is 7.52. The topological polar surface area (TPSA) is 49.3 Å². The van der Waals surface area contributed by atoms with Crippen molar-refractivity contribution >= 4 is 5.91 Å². The summed E-state index contributed by atoms with van der Waals surface area (Å²) in [4.78, 5) is 11.8. The molecule has 0 heterocycles. The molecule has 1 atom stereocenters. The molecule has 0 aliphatic heterocycles. The predicted octanol–water partition coefficient (Wildman–Crippen LogP) is 2.62. The Morgan fingerprint density at radius 2 is 2.00 bits per heavy atom. The molecule has 0 aliphatic rings. The van der Waals surface area contributed by atoms with E-state index >= 15 is 0 Å². The second kappa shape index (κ2) is 4.56. The molecule has 0 saturated carbocycles. The monoisotopic (exact) mass is 221 g/mol. The molecular formula is C13H19NO2. The summed E-state index contributed by atoms with van der Waals surface area (Å²) in [6.07, 6.45) is 0. The number of rotatable bonds is 2. The van der Waals surface area contributed by atoms with Gasteiger partial charge < -0.3 is 10.4 Å². The average Bonchev–Trinajstić information content (AvgIpc) is 2.16. The van der Waals surface area contributed by atoms with Crippen LogP contribution in [0.5, 0.6) is 5.75 Å². The normalized spacial score (nSPS) is 13.2. The molecule has 0 unspecified atom stereocenters. The summed E-state index contributed by atoms with van der Waals surface area (Å²) < 4.78 is 0. The average molecular weight is 221 g/mol. The lowest BCUT2D eigenvalue weighted by atomic mass is 9.94. The number of hydrogen-bond donors (Lipinski definition) is 2. The maximum Gasteiger partial charge on any atom is 0.225 e. The quantitative estimate of drug-likeness (QED) is 0.806. The number of benzene rings is 1. The fraction of sp³-hybridized carbons (Fsp3) is 0.462. The number of phenolic OH excluding ortho intramolecular Hbond substituents is 1. The molecule has 88 valence electrons. The van der Waals surface area contributed by atoms with Gasteiger partial charge in [-0.3, -0.25) is 4.79 Å². The van der Waals surface area contributed by atoms with Gasteiger partial charge in [0.05, 0.1) is 6.04 Å². The zero-order chi connectivity index (χ0) is 12.3. The minimum atomic E-state index is -0.398. The molecule has 1 amide bonds. The molecule has 2 N–H and O–H groups in total. The first-order chi connectivity index (χ1) is 7.30. The van der Waals surface area contributed by atoms with Gasteiger partial charge in [-0.25, -0.2) is 0 Å². The van der Waals surface area contributed by atoms with Crippen LogP contribution in [0.2, 0.25) is 0 Å². The predicted molar refractivity (Wildman–Crippen MR) is 64.1 cm³/mol. The van der Waals surface area contributed by atoms with Gasteiger partial charge in [-0.2, -0.15) is 0 Å². The highest BCUT2D eigenvalue weighted by molar-refractivity contribution is 5.81. The van der Waals surface area contributed by atoms with Crippen LogP contribution in [0.4, 0.5) is 0 Å². The van der Waals surface area contributed by atoms with Crippen LogP contribution in [0.1, 0.15) is 39.3 Å². The molecule has 0 bridgehead atoms. The van der Waals surface area contributed by atoms with Crippen LogP contribution in [-0.2, 0) is 4.79 Å². The third-order valence-corrected chi connectivity index (χ3v) is 2.40. The number of carbonyl (C=O) groups is 1. The smallest absolute Gasteiger partial charge is 0.225 e. The van der Waals surface area contributed by atoms with Gasteiger partial charge in [-0.1, -0.05) is 32.9 Å². The molecule has 0 fully saturated rings. The van der Waals surface area contributed by atoms with E-state index < -0.39 is 5.41 Å². The molecular weight excluding hydrogens is 202 g/mol. The third kappa shape index (κ3) is 3.26. The Labute approximate surface area is 96.5 Å². The summed E-state index contributed by atoms with van der Waals surface area (Å²) in [5.41, 5.74) is 0.503. The van der Waals surface area contributed by atoms with Crippen LogP contribution >= 0.6 is 0 Å². The van der Waals surface area contributed by atoms with Crippen molar-refractivity contribution in [3.8, 4) is 5.75 Å². The van der Waals surface area contributed by atoms with Gasteiger partial charge >= 0.3 is 0 Å². The number of carbonyl (C=O) groups excluding carboxylic acids is 1. The summed E-state index contributed by atoms with van der Waals surface area (Å²) in [6, 6.07) is 6.83. The molecule has 0 aliphatic carbocycles. The summed E-state index contributed by atoms with van der Waals surface area (Å²) in [7, 11) is 0. The van der Waals surface area contributed by atoms with E-state index in [1.54, 1.807) is 18.2 Å². The lowest BCUT2D eigenvalue weighted by Crippen LogP contribution is -2.36. The molecule has 3 nitrogen and oxygen atoms in total. The minimum Gasteiger partial charge on any atom is -0.508 e. The van der Waals surface area contributed by atoms with Crippen LogP contribution in [0.3, 0.4) is 0 Å². The molecule has 0 saturated heterocycles. The Bertz CT molecular complexity index is 380. The molecule has 1 aromatic carbocycles. The van der Waals surface area contributed by atoms with Crippen molar-refractivity contribution < 1.29 is 9.90 Å². The largest absolute Gasteiger partial charge is 0.508 e. The van der Waals surface area contributed by atoms with E-state index in [1.807, 2.05) is 33.8 Å². The van der Waals surface area contributed by atoms with Crippen LogP contribution in [0, 0.1) is 5.41 Å². The van der Waals surface area contributed by atoms with E-state index in [2.05, 4.69) is 5.32 Å². The molecule has 3 heteroatoms. The van der Waals surface area contributed by atoms with Crippen LogP contribution in [0.15, 0.2) is 24.3 Å². The number of nitrogens with one attached hydrogen (secondary N) is 1. The highest BCUT2D eigenvalue weighted by atomic mass is 16.3. The van der Waals surface area contributed by atoms with E-state index in [-0.39, 0.29) is 17.7 Å². The SMILES string of the molecule is C[C@H](NC(=O)C(C)(C)C)c1cccc(O)c1. The van der Waals surface area contributed by atoms with Gasteiger partial charge in [-0.05, 0) is 24.6 Å². The molecule has 0 radical (unpaired) electrons. The van der Waals surface area contributed by atoms with E-state index in [9.17, 15) is 9.90 Å². The van der Waals surface area contributed by atoms with Crippen molar-refractivity contribution in [3.05, 3.63) is 29.8 Å². The van der Waals surface area contributed by atoms with Gasteiger partial charge in [0.15, 0.2) is 0 Å². The van der Waals surface area contributed by atoms with E-state index in [4.69, 9.17) is 0 Å². The first-order valence-corrected chi connectivity index (χ1v) is 5.40. The van der Waals surface area contributed by atoms with Gasteiger partial charge in [0.25, 0.3) is 0 Å². The van der Waals surface area contributed by atoms with E-state index in [1.165, 1.54) is 0 Å². The summed E-state index contributed by atoms with van der Waals surface area (Å²) in [5.74, 6) is 0.220. The van der Waals surface area contributed by atoms with Crippen LogP contribution in [0.25, 0.3) is 0 Å². The maximum absolute atomic E-state index is 11.8. The van der Waals surface area contributed by atoms with Crippen molar-refractivity contribution in [1.29, 1.82) is 0 Å². The first kappa shape index (κ1) is 12.6. The Morgan fingerprint density at radius 3 is 2.50 bits per heavy atom. The minimum absolute atomic E-state index is 0.00310. The Balaban J connectivity index is 2.73.